The summed E-state index contributed by atoms with van der Waals surface area (Å²) in [5, 5.41) is 8.59. The van der Waals surface area contributed by atoms with Gasteiger partial charge >= 0.3 is 0 Å². The van der Waals surface area contributed by atoms with Crippen molar-refractivity contribution in [2.75, 3.05) is 19.6 Å². The minimum Gasteiger partial charge on any atom is -0.325 e. The first kappa shape index (κ1) is 7.52. The van der Waals surface area contributed by atoms with Gasteiger partial charge in [-0.2, -0.15) is 5.26 Å². The second-order valence-electron chi connectivity index (χ2n) is 2.75. The van der Waals surface area contributed by atoms with Gasteiger partial charge in [-0.15, -0.1) is 0 Å². The van der Waals surface area contributed by atoms with E-state index >= 15 is 0 Å². The topological polar surface area (TPSA) is 53.0 Å². The molecule has 1 heterocycles. The highest BCUT2D eigenvalue weighted by Gasteiger charge is 2.28. The molecule has 0 saturated carbocycles. The molecule has 2 atom stereocenters. The molecule has 0 aromatic carbocycles. The van der Waals surface area contributed by atoms with Gasteiger partial charge in [0.2, 0.25) is 0 Å². The van der Waals surface area contributed by atoms with Crippen molar-refractivity contribution in [3.05, 3.63) is 0 Å². The highest BCUT2D eigenvalue weighted by atomic mass is 15.2. The van der Waals surface area contributed by atoms with Crippen LogP contribution in [0.5, 0.6) is 0 Å². The minimum absolute atomic E-state index is 0.0555. The van der Waals surface area contributed by atoms with Gasteiger partial charge in [-0.3, -0.25) is 0 Å². The van der Waals surface area contributed by atoms with Crippen molar-refractivity contribution in [2.45, 2.75) is 13.0 Å². The van der Waals surface area contributed by atoms with Crippen molar-refractivity contribution in [2.24, 2.45) is 11.7 Å². The normalized spacial score (nSPS) is 34.1. The summed E-state index contributed by atoms with van der Waals surface area (Å²) in [7, 11) is 0. The molecule has 10 heavy (non-hydrogen) atoms. The van der Waals surface area contributed by atoms with Crippen LogP contribution >= 0.6 is 0 Å². The first-order valence-electron chi connectivity index (χ1n) is 3.65. The van der Waals surface area contributed by atoms with E-state index in [1.807, 2.05) is 0 Å². The smallest absolute Gasteiger partial charge is 0.0753 e. The Balaban J connectivity index is 2.46. The molecular formula is C7H13N3. The van der Waals surface area contributed by atoms with Crippen LogP contribution < -0.4 is 5.73 Å². The Labute approximate surface area is 61.4 Å². The minimum atomic E-state index is 0.0555. The molecule has 0 aromatic heterocycles. The Hall–Kier alpha value is -0.590. The monoisotopic (exact) mass is 139 g/mol. The molecule has 1 aliphatic rings. The summed E-state index contributed by atoms with van der Waals surface area (Å²) in [4.78, 5) is 2.21. The van der Waals surface area contributed by atoms with Gasteiger partial charge in [0.15, 0.2) is 0 Å². The molecule has 1 rings (SSSR count). The SMILES string of the molecule is CCN1CC(N)C(C#N)C1. The molecule has 2 N–H and O–H groups in total. The lowest BCUT2D eigenvalue weighted by Gasteiger charge is -2.09. The van der Waals surface area contributed by atoms with Gasteiger partial charge in [0, 0.05) is 19.1 Å². The molecule has 0 spiro atoms. The predicted octanol–water partition coefficient (Wildman–Crippen LogP) is -0.211. The summed E-state index contributed by atoms with van der Waals surface area (Å²) in [6.07, 6.45) is 0. The number of nitriles is 1. The van der Waals surface area contributed by atoms with E-state index in [2.05, 4.69) is 17.9 Å². The van der Waals surface area contributed by atoms with Gasteiger partial charge in [0.05, 0.1) is 12.0 Å². The zero-order valence-corrected chi connectivity index (χ0v) is 6.25. The first-order chi connectivity index (χ1) is 4.77. The van der Waals surface area contributed by atoms with Crippen LogP contribution in [0.15, 0.2) is 0 Å². The summed E-state index contributed by atoms with van der Waals surface area (Å²) in [6, 6.07) is 2.29. The quantitative estimate of drug-likeness (QED) is 0.547. The number of hydrogen-bond donors (Lipinski definition) is 1. The van der Waals surface area contributed by atoms with Crippen molar-refractivity contribution in [3.63, 3.8) is 0 Å². The maximum absolute atomic E-state index is 8.59. The van der Waals surface area contributed by atoms with Gasteiger partial charge < -0.3 is 10.6 Å². The lowest BCUT2D eigenvalue weighted by molar-refractivity contribution is 0.349. The second-order valence-corrected chi connectivity index (χ2v) is 2.75. The van der Waals surface area contributed by atoms with E-state index in [4.69, 9.17) is 11.0 Å². The van der Waals surface area contributed by atoms with Gasteiger partial charge in [-0.05, 0) is 6.54 Å². The van der Waals surface area contributed by atoms with E-state index in [0.29, 0.717) is 0 Å². The van der Waals surface area contributed by atoms with Crippen molar-refractivity contribution < 1.29 is 0 Å². The van der Waals surface area contributed by atoms with Crippen LogP contribution in [-0.2, 0) is 0 Å². The Morgan fingerprint density at radius 1 is 1.70 bits per heavy atom. The van der Waals surface area contributed by atoms with Crippen LogP contribution in [0.2, 0.25) is 0 Å². The summed E-state index contributed by atoms with van der Waals surface area (Å²) in [6.45, 7) is 4.83. The zero-order chi connectivity index (χ0) is 7.56. The lowest BCUT2D eigenvalue weighted by atomic mass is 10.1. The standard InChI is InChI=1S/C7H13N3/c1-2-10-4-6(3-8)7(9)5-10/h6-7H,2,4-5,9H2,1H3. The molecule has 3 heteroatoms. The van der Waals surface area contributed by atoms with E-state index in [9.17, 15) is 0 Å². The number of nitrogens with two attached hydrogens (primary N) is 1. The Morgan fingerprint density at radius 2 is 2.40 bits per heavy atom. The van der Waals surface area contributed by atoms with E-state index in [1.165, 1.54) is 0 Å². The molecule has 1 fully saturated rings. The highest BCUT2D eigenvalue weighted by Crippen LogP contribution is 2.12. The number of hydrogen-bond acceptors (Lipinski definition) is 3. The van der Waals surface area contributed by atoms with E-state index < -0.39 is 0 Å². The molecule has 0 aliphatic carbocycles. The third-order valence-electron chi connectivity index (χ3n) is 2.05. The number of likely N-dealkylation sites (N-methyl/N-ethyl adjacent to an activating group) is 1. The Bertz CT molecular complexity index is 149. The van der Waals surface area contributed by atoms with Gasteiger partial charge in [-0.1, -0.05) is 6.92 Å². The van der Waals surface area contributed by atoms with E-state index in [-0.39, 0.29) is 12.0 Å². The molecule has 0 amide bonds. The lowest BCUT2D eigenvalue weighted by Crippen LogP contribution is -2.28. The van der Waals surface area contributed by atoms with Gasteiger partial charge in [-0.25, -0.2) is 0 Å². The second kappa shape index (κ2) is 3.00. The van der Waals surface area contributed by atoms with Crippen LogP contribution in [0, 0.1) is 17.2 Å². The molecule has 2 unspecified atom stereocenters. The Kier molecular flexibility index (Phi) is 2.25. The summed E-state index contributed by atoms with van der Waals surface area (Å²) in [5.41, 5.74) is 5.69. The average molecular weight is 139 g/mol. The molecule has 1 aliphatic heterocycles. The molecule has 56 valence electrons. The summed E-state index contributed by atoms with van der Waals surface area (Å²) in [5.74, 6) is 0.0555. The van der Waals surface area contributed by atoms with Gasteiger partial charge in [0.25, 0.3) is 0 Å². The molecule has 1 saturated heterocycles. The van der Waals surface area contributed by atoms with Crippen molar-refractivity contribution >= 4 is 0 Å². The number of rotatable bonds is 1. The maximum Gasteiger partial charge on any atom is 0.0753 e. The molecular weight excluding hydrogens is 126 g/mol. The summed E-state index contributed by atoms with van der Waals surface area (Å²) >= 11 is 0. The fourth-order valence-corrected chi connectivity index (χ4v) is 1.31. The summed E-state index contributed by atoms with van der Waals surface area (Å²) < 4.78 is 0. The fourth-order valence-electron chi connectivity index (χ4n) is 1.31. The molecule has 0 aromatic rings. The van der Waals surface area contributed by atoms with E-state index in [0.717, 1.165) is 19.6 Å². The highest BCUT2D eigenvalue weighted by molar-refractivity contribution is 4.98. The van der Waals surface area contributed by atoms with Crippen LogP contribution in [0.3, 0.4) is 0 Å². The van der Waals surface area contributed by atoms with Crippen molar-refractivity contribution in [3.8, 4) is 6.07 Å². The van der Waals surface area contributed by atoms with Gasteiger partial charge in [0.1, 0.15) is 0 Å². The Morgan fingerprint density at radius 3 is 2.70 bits per heavy atom. The fraction of sp³-hybridized carbons (Fsp3) is 0.857. The van der Waals surface area contributed by atoms with Crippen LogP contribution in [0.1, 0.15) is 6.92 Å². The molecule has 0 radical (unpaired) electrons. The predicted molar refractivity (Wildman–Crippen MR) is 39.2 cm³/mol. The first-order valence-corrected chi connectivity index (χ1v) is 3.65. The van der Waals surface area contributed by atoms with Crippen LogP contribution in [-0.4, -0.2) is 30.6 Å². The maximum atomic E-state index is 8.59. The van der Waals surface area contributed by atoms with Crippen molar-refractivity contribution in [1.29, 1.82) is 5.26 Å². The molecule has 0 bridgehead atoms. The van der Waals surface area contributed by atoms with E-state index in [1.54, 1.807) is 0 Å². The average Bonchev–Trinajstić information content (AvgIpc) is 2.30. The zero-order valence-electron chi connectivity index (χ0n) is 6.25. The number of likely N-dealkylation sites (tertiary alicyclic amines) is 1. The molecule has 3 nitrogen and oxygen atoms in total. The third kappa shape index (κ3) is 1.28. The van der Waals surface area contributed by atoms with Crippen molar-refractivity contribution in [1.82, 2.24) is 4.90 Å². The number of nitrogens with zero attached hydrogens (tertiary/aromatic N) is 2. The van der Waals surface area contributed by atoms with Crippen LogP contribution in [0.25, 0.3) is 0 Å². The largest absolute Gasteiger partial charge is 0.325 e. The third-order valence-corrected chi connectivity index (χ3v) is 2.05. The van der Waals surface area contributed by atoms with Crippen LogP contribution in [0.4, 0.5) is 0 Å².